The van der Waals surface area contributed by atoms with E-state index in [-0.39, 0.29) is 11.3 Å². The Morgan fingerprint density at radius 3 is 2.71 bits per heavy atom. The number of hydrogen-bond donors (Lipinski definition) is 1. The third-order valence-corrected chi connectivity index (χ3v) is 3.56. The number of rotatable bonds is 7. The van der Waals surface area contributed by atoms with Crippen LogP contribution in [0.4, 0.5) is 0 Å². The summed E-state index contributed by atoms with van der Waals surface area (Å²) in [6, 6.07) is 14.9. The topological polar surface area (TPSA) is 77.2 Å². The number of phenolic OH excluding ortho intramolecular Hbond substituents is 1. The van der Waals surface area contributed by atoms with E-state index >= 15 is 0 Å². The standard InChI is InChI=1S/C18H17N3O3/c22-11-16-8-4-7-15(18(16)23)9-21-10-17(19-20-21)13-24-12-14-5-2-1-3-6-14/h1-8,10-11,23H,9,12-13H2. The molecule has 0 aliphatic heterocycles. The van der Waals surface area contributed by atoms with Gasteiger partial charge in [0.05, 0.1) is 31.5 Å². The predicted octanol–water partition coefficient (Wildman–Crippen LogP) is 2.56. The smallest absolute Gasteiger partial charge is 0.153 e. The fraction of sp³-hybridized carbons (Fsp3) is 0.167. The molecule has 122 valence electrons. The van der Waals surface area contributed by atoms with Crippen molar-refractivity contribution < 1.29 is 14.6 Å². The molecule has 1 heterocycles. The van der Waals surface area contributed by atoms with Gasteiger partial charge < -0.3 is 9.84 Å². The van der Waals surface area contributed by atoms with Crippen LogP contribution in [0.25, 0.3) is 0 Å². The number of para-hydroxylation sites is 1. The Morgan fingerprint density at radius 2 is 1.92 bits per heavy atom. The Hall–Kier alpha value is -2.99. The molecule has 0 amide bonds. The Kier molecular flexibility index (Phi) is 4.98. The minimum atomic E-state index is -0.0233. The fourth-order valence-electron chi connectivity index (χ4n) is 2.34. The fourth-order valence-corrected chi connectivity index (χ4v) is 2.34. The van der Waals surface area contributed by atoms with E-state index in [9.17, 15) is 9.90 Å². The second kappa shape index (κ2) is 7.52. The van der Waals surface area contributed by atoms with Crippen LogP contribution < -0.4 is 0 Å². The maximum atomic E-state index is 10.9. The molecule has 1 aromatic heterocycles. The van der Waals surface area contributed by atoms with Crippen LogP contribution >= 0.6 is 0 Å². The minimum absolute atomic E-state index is 0.0233. The van der Waals surface area contributed by atoms with E-state index in [0.717, 1.165) is 5.56 Å². The number of carbonyl (C=O) groups is 1. The number of aromatic nitrogens is 3. The second-order valence-electron chi connectivity index (χ2n) is 5.36. The Morgan fingerprint density at radius 1 is 1.08 bits per heavy atom. The molecule has 0 saturated heterocycles. The number of ether oxygens (including phenoxy) is 1. The molecule has 6 heteroatoms. The zero-order valence-corrected chi connectivity index (χ0v) is 13.0. The third-order valence-electron chi connectivity index (χ3n) is 3.56. The lowest BCUT2D eigenvalue weighted by atomic mass is 10.1. The van der Waals surface area contributed by atoms with Crippen molar-refractivity contribution in [3.05, 3.63) is 77.1 Å². The molecule has 0 saturated carbocycles. The first-order valence-corrected chi connectivity index (χ1v) is 7.53. The molecule has 0 bridgehead atoms. The molecule has 0 spiro atoms. The lowest BCUT2D eigenvalue weighted by Crippen LogP contribution is -2.01. The SMILES string of the molecule is O=Cc1cccc(Cn2cc(COCc3ccccc3)nn2)c1O. The van der Waals surface area contributed by atoms with E-state index in [2.05, 4.69) is 10.3 Å². The van der Waals surface area contributed by atoms with Crippen LogP contribution in [-0.2, 0) is 24.5 Å². The highest BCUT2D eigenvalue weighted by Gasteiger charge is 2.08. The zero-order valence-electron chi connectivity index (χ0n) is 13.0. The molecule has 6 nitrogen and oxygen atoms in total. The van der Waals surface area contributed by atoms with Gasteiger partial charge in [0.2, 0.25) is 0 Å². The Labute approximate surface area is 139 Å². The van der Waals surface area contributed by atoms with Gasteiger partial charge >= 0.3 is 0 Å². The number of nitrogens with zero attached hydrogens (tertiary/aromatic N) is 3. The highest BCUT2D eigenvalue weighted by molar-refractivity contribution is 5.79. The van der Waals surface area contributed by atoms with Crippen molar-refractivity contribution >= 4 is 6.29 Å². The van der Waals surface area contributed by atoms with Crippen molar-refractivity contribution in [1.29, 1.82) is 0 Å². The van der Waals surface area contributed by atoms with Crippen LogP contribution in [0.2, 0.25) is 0 Å². The molecule has 0 fully saturated rings. The Balaban J connectivity index is 1.59. The summed E-state index contributed by atoms with van der Waals surface area (Å²) in [5, 5.41) is 18.1. The minimum Gasteiger partial charge on any atom is -0.507 e. The van der Waals surface area contributed by atoms with Crippen molar-refractivity contribution in [2.45, 2.75) is 19.8 Å². The number of benzene rings is 2. The highest BCUT2D eigenvalue weighted by Crippen LogP contribution is 2.21. The second-order valence-corrected chi connectivity index (χ2v) is 5.36. The molecule has 24 heavy (non-hydrogen) atoms. The van der Waals surface area contributed by atoms with Crippen molar-refractivity contribution in [1.82, 2.24) is 15.0 Å². The third kappa shape index (κ3) is 3.85. The van der Waals surface area contributed by atoms with Crippen LogP contribution in [0.3, 0.4) is 0 Å². The quantitative estimate of drug-likeness (QED) is 0.676. The molecule has 0 radical (unpaired) electrons. The van der Waals surface area contributed by atoms with Crippen molar-refractivity contribution in [2.24, 2.45) is 0 Å². The van der Waals surface area contributed by atoms with Gasteiger partial charge in [-0.15, -0.1) is 5.10 Å². The van der Waals surface area contributed by atoms with Gasteiger partial charge in [-0.05, 0) is 11.6 Å². The van der Waals surface area contributed by atoms with E-state index < -0.39 is 0 Å². The van der Waals surface area contributed by atoms with Crippen LogP contribution in [0.5, 0.6) is 5.75 Å². The number of carbonyl (C=O) groups excluding carboxylic acids is 1. The van der Waals surface area contributed by atoms with Crippen molar-refractivity contribution in [3.8, 4) is 5.75 Å². The van der Waals surface area contributed by atoms with E-state index in [1.165, 1.54) is 0 Å². The molecule has 0 aliphatic carbocycles. The van der Waals surface area contributed by atoms with Gasteiger partial charge in [0.25, 0.3) is 0 Å². The van der Waals surface area contributed by atoms with Gasteiger partial charge in [0, 0.05) is 5.56 Å². The van der Waals surface area contributed by atoms with Crippen LogP contribution in [0.1, 0.15) is 27.2 Å². The summed E-state index contributed by atoms with van der Waals surface area (Å²) in [6.07, 6.45) is 2.39. The number of aromatic hydroxyl groups is 1. The summed E-state index contributed by atoms with van der Waals surface area (Å²) in [6.45, 7) is 1.20. The lowest BCUT2D eigenvalue weighted by Gasteiger charge is -2.05. The zero-order chi connectivity index (χ0) is 16.8. The maximum absolute atomic E-state index is 10.9. The summed E-state index contributed by atoms with van der Waals surface area (Å²) in [5.74, 6) is -0.0233. The van der Waals surface area contributed by atoms with Gasteiger partial charge in [-0.25, -0.2) is 4.68 Å². The Bertz CT molecular complexity index is 815. The van der Waals surface area contributed by atoms with Gasteiger partial charge in [0.1, 0.15) is 11.4 Å². The summed E-state index contributed by atoms with van der Waals surface area (Å²) >= 11 is 0. The molecule has 0 unspecified atom stereocenters. The summed E-state index contributed by atoms with van der Waals surface area (Å²) in [4.78, 5) is 10.9. The van der Waals surface area contributed by atoms with E-state index in [4.69, 9.17) is 4.74 Å². The lowest BCUT2D eigenvalue weighted by molar-refractivity contribution is 0.104. The van der Waals surface area contributed by atoms with E-state index in [1.807, 2.05) is 30.3 Å². The van der Waals surface area contributed by atoms with Crippen LogP contribution in [-0.4, -0.2) is 26.4 Å². The molecule has 2 aromatic carbocycles. The molecule has 0 aliphatic rings. The average Bonchev–Trinajstić information content (AvgIpc) is 3.05. The van der Waals surface area contributed by atoms with Crippen LogP contribution in [0, 0.1) is 0 Å². The molecule has 3 aromatic rings. The van der Waals surface area contributed by atoms with Gasteiger partial charge in [-0.3, -0.25) is 4.79 Å². The number of phenols is 1. The molecular weight excluding hydrogens is 306 g/mol. The molecule has 0 atom stereocenters. The summed E-state index contributed by atoms with van der Waals surface area (Å²) in [7, 11) is 0. The monoisotopic (exact) mass is 323 g/mol. The van der Waals surface area contributed by atoms with Gasteiger partial charge in [-0.1, -0.05) is 47.7 Å². The normalized spacial score (nSPS) is 10.7. The first-order chi connectivity index (χ1) is 11.8. The van der Waals surface area contributed by atoms with Crippen molar-refractivity contribution in [3.63, 3.8) is 0 Å². The van der Waals surface area contributed by atoms with E-state index in [0.29, 0.717) is 37.3 Å². The molecular formula is C18H17N3O3. The van der Waals surface area contributed by atoms with Crippen molar-refractivity contribution in [2.75, 3.05) is 0 Å². The van der Waals surface area contributed by atoms with E-state index in [1.54, 1.807) is 29.1 Å². The first kappa shape index (κ1) is 15.9. The largest absolute Gasteiger partial charge is 0.507 e. The predicted molar refractivity (Wildman–Crippen MR) is 87.6 cm³/mol. The highest BCUT2D eigenvalue weighted by atomic mass is 16.5. The van der Waals surface area contributed by atoms with Gasteiger partial charge in [0.15, 0.2) is 6.29 Å². The molecule has 1 N–H and O–H groups in total. The van der Waals surface area contributed by atoms with Gasteiger partial charge in [-0.2, -0.15) is 0 Å². The average molecular weight is 323 g/mol. The summed E-state index contributed by atoms with van der Waals surface area (Å²) in [5.41, 5.74) is 2.68. The summed E-state index contributed by atoms with van der Waals surface area (Å²) < 4.78 is 7.22. The molecule has 3 rings (SSSR count). The number of aldehydes is 1. The van der Waals surface area contributed by atoms with Crippen LogP contribution in [0.15, 0.2) is 54.7 Å². The number of hydrogen-bond acceptors (Lipinski definition) is 5. The maximum Gasteiger partial charge on any atom is 0.153 e. The first-order valence-electron chi connectivity index (χ1n) is 7.53.